The minimum atomic E-state index is -4.18. The molecule has 2 aromatic rings. The molecule has 1 amide bonds. The van der Waals surface area contributed by atoms with E-state index in [1.165, 1.54) is 13.0 Å². The topological polar surface area (TPSA) is 81.7 Å². The van der Waals surface area contributed by atoms with Crippen LogP contribution in [0.1, 0.15) is 40.2 Å². The monoisotopic (exact) mass is 391 g/mol. The summed E-state index contributed by atoms with van der Waals surface area (Å²) in [6.07, 6.45) is 0. The normalized spacial score (nSPS) is 11.7. The summed E-state index contributed by atoms with van der Waals surface area (Å²) < 4.78 is 36.8. The van der Waals surface area contributed by atoms with Gasteiger partial charge in [-0.2, -0.15) is 8.42 Å². The molecule has 0 aliphatic carbocycles. The molecule has 2 aromatic carbocycles. The zero-order valence-electron chi connectivity index (χ0n) is 16.2. The standard InChI is InChI=1S/C20H25NO5S/c1-6-25-18-12-11-15(20(3,4)5)13-19(18)27(23,24)26-17-10-8-7-9-16(17)21-14(2)22/h7-13H,6H2,1-5H3,(H,21,22). The molecule has 27 heavy (non-hydrogen) atoms. The third kappa shape index (κ3) is 5.23. The van der Waals surface area contributed by atoms with Gasteiger partial charge in [0.25, 0.3) is 0 Å². The first kappa shape index (κ1) is 20.8. The molecule has 0 aromatic heterocycles. The van der Waals surface area contributed by atoms with Crippen molar-refractivity contribution in [2.45, 2.75) is 44.9 Å². The highest BCUT2D eigenvalue weighted by Gasteiger charge is 2.26. The number of benzene rings is 2. The van der Waals surface area contributed by atoms with Gasteiger partial charge in [-0.05, 0) is 42.2 Å². The van der Waals surface area contributed by atoms with E-state index in [9.17, 15) is 13.2 Å². The summed E-state index contributed by atoms with van der Waals surface area (Å²) in [4.78, 5) is 11.3. The number of carbonyl (C=O) groups excluding carboxylic acids is 1. The van der Waals surface area contributed by atoms with Crippen LogP contribution in [0.2, 0.25) is 0 Å². The molecule has 0 heterocycles. The maximum atomic E-state index is 13.0. The zero-order valence-corrected chi connectivity index (χ0v) is 17.0. The van der Waals surface area contributed by atoms with Gasteiger partial charge in [0, 0.05) is 6.92 Å². The van der Waals surface area contributed by atoms with Gasteiger partial charge in [-0.25, -0.2) is 0 Å². The highest BCUT2D eigenvalue weighted by molar-refractivity contribution is 7.87. The van der Waals surface area contributed by atoms with Crippen LogP contribution in [0.3, 0.4) is 0 Å². The molecule has 0 aliphatic heterocycles. The van der Waals surface area contributed by atoms with E-state index in [4.69, 9.17) is 8.92 Å². The zero-order chi connectivity index (χ0) is 20.2. The van der Waals surface area contributed by atoms with Gasteiger partial charge >= 0.3 is 10.1 Å². The fourth-order valence-corrected chi connectivity index (χ4v) is 3.56. The predicted molar refractivity (Wildman–Crippen MR) is 105 cm³/mol. The van der Waals surface area contributed by atoms with E-state index in [1.807, 2.05) is 26.8 Å². The van der Waals surface area contributed by atoms with Crippen molar-refractivity contribution in [2.24, 2.45) is 0 Å². The van der Waals surface area contributed by atoms with Gasteiger partial charge in [-0.3, -0.25) is 4.79 Å². The second-order valence-electron chi connectivity index (χ2n) is 7.06. The smallest absolute Gasteiger partial charge is 0.343 e. The average molecular weight is 391 g/mol. The Morgan fingerprint density at radius 3 is 2.33 bits per heavy atom. The molecule has 0 bridgehead atoms. The van der Waals surface area contributed by atoms with Crippen molar-refractivity contribution in [1.82, 2.24) is 0 Å². The van der Waals surface area contributed by atoms with E-state index in [0.29, 0.717) is 6.61 Å². The summed E-state index contributed by atoms with van der Waals surface area (Å²) in [6, 6.07) is 11.4. The summed E-state index contributed by atoms with van der Waals surface area (Å²) in [7, 11) is -4.18. The quantitative estimate of drug-likeness (QED) is 0.750. The molecule has 0 unspecified atom stereocenters. The molecule has 7 heteroatoms. The van der Waals surface area contributed by atoms with Crippen LogP contribution in [-0.4, -0.2) is 20.9 Å². The predicted octanol–water partition coefficient (Wildman–Crippen LogP) is 4.11. The van der Waals surface area contributed by atoms with Crippen molar-refractivity contribution in [3.05, 3.63) is 48.0 Å². The van der Waals surface area contributed by atoms with E-state index < -0.39 is 10.1 Å². The summed E-state index contributed by atoms with van der Waals surface area (Å²) in [5, 5.41) is 2.56. The molecule has 0 atom stereocenters. The van der Waals surface area contributed by atoms with Gasteiger partial charge in [0.15, 0.2) is 5.75 Å². The lowest BCUT2D eigenvalue weighted by molar-refractivity contribution is -0.114. The maximum absolute atomic E-state index is 13.0. The fourth-order valence-electron chi connectivity index (χ4n) is 2.44. The molecular weight excluding hydrogens is 366 g/mol. The number of carbonyl (C=O) groups is 1. The summed E-state index contributed by atoms with van der Waals surface area (Å²) in [5.41, 5.74) is 0.866. The van der Waals surface area contributed by atoms with Gasteiger partial charge < -0.3 is 14.2 Å². The molecule has 0 spiro atoms. The van der Waals surface area contributed by atoms with Crippen molar-refractivity contribution in [2.75, 3.05) is 11.9 Å². The van der Waals surface area contributed by atoms with Crippen molar-refractivity contribution in [3.63, 3.8) is 0 Å². The van der Waals surface area contributed by atoms with Crippen molar-refractivity contribution < 1.29 is 22.1 Å². The molecule has 1 N–H and O–H groups in total. The largest absolute Gasteiger partial charge is 0.492 e. The summed E-state index contributed by atoms with van der Waals surface area (Å²) in [5.74, 6) is -0.0630. The number of ether oxygens (including phenoxy) is 1. The van der Waals surface area contributed by atoms with E-state index in [1.54, 1.807) is 37.3 Å². The summed E-state index contributed by atoms with van der Waals surface area (Å²) in [6.45, 7) is 9.41. The Kier molecular flexibility index (Phi) is 6.15. The maximum Gasteiger partial charge on any atom is 0.343 e. The number of anilines is 1. The molecule has 0 aliphatic rings. The number of para-hydroxylation sites is 2. The number of amides is 1. The van der Waals surface area contributed by atoms with Crippen LogP contribution in [0.15, 0.2) is 47.4 Å². The molecule has 2 rings (SSSR count). The van der Waals surface area contributed by atoms with Gasteiger partial charge in [0.2, 0.25) is 5.91 Å². The van der Waals surface area contributed by atoms with Gasteiger partial charge in [0.1, 0.15) is 10.6 Å². The Morgan fingerprint density at radius 2 is 1.74 bits per heavy atom. The molecule has 0 fully saturated rings. The lowest BCUT2D eigenvalue weighted by Crippen LogP contribution is -2.17. The lowest BCUT2D eigenvalue weighted by Gasteiger charge is -2.21. The first-order chi connectivity index (χ1) is 12.5. The number of hydrogen-bond acceptors (Lipinski definition) is 5. The molecule has 146 valence electrons. The highest BCUT2D eigenvalue weighted by atomic mass is 32.2. The van der Waals surface area contributed by atoms with E-state index in [2.05, 4.69) is 5.32 Å². The SMILES string of the molecule is CCOc1ccc(C(C)(C)C)cc1S(=O)(=O)Oc1ccccc1NC(C)=O. The van der Waals surface area contributed by atoms with Gasteiger partial charge in [-0.1, -0.05) is 39.0 Å². The minimum Gasteiger partial charge on any atom is -0.492 e. The molecule has 0 saturated heterocycles. The average Bonchev–Trinajstić information content (AvgIpc) is 2.55. The van der Waals surface area contributed by atoms with Crippen LogP contribution < -0.4 is 14.2 Å². The number of nitrogens with one attached hydrogen (secondary N) is 1. The molecule has 6 nitrogen and oxygen atoms in total. The Balaban J connectivity index is 2.51. The van der Waals surface area contributed by atoms with E-state index in [-0.39, 0.29) is 33.4 Å². The fraction of sp³-hybridized carbons (Fsp3) is 0.350. The molecule has 0 radical (unpaired) electrons. The number of hydrogen-bond donors (Lipinski definition) is 1. The van der Waals surface area contributed by atoms with Crippen LogP contribution >= 0.6 is 0 Å². The van der Waals surface area contributed by atoms with Gasteiger partial charge in [-0.15, -0.1) is 0 Å². The van der Waals surface area contributed by atoms with Crippen molar-refractivity contribution >= 4 is 21.7 Å². The van der Waals surface area contributed by atoms with Crippen LogP contribution in [0.25, 0.3) is 0 Å². The first-order valence-electron chi connectivity index (χ1n) is 8.63. The van der Waals surface area contributed by atoms with Crippen molar-refractivity contribution in [3.8, 4) is 11.5 Å². The van der Waals surface area contributed by atoms with E-state index >= 15 is 0 Å². The third-order valence-corrected chi connectivity index (χ3v) is 5.03. The Morgan fingerprint density at radius 1 is 1.07 bits per heavy atom. The molecule has 0 saturated carbocycles. The Hall–Kier alpha value is -2.54. The Labute approximate surface area is 160 Å². The lowest BCUT2D eigenvalue weighted by atomic mass is 9.87. The second-order valence-corrected chi connectivity index (χ2v) is 8.57. The second kappa shape index (κ2) is 8.00. The van der Waals surface area contributed by atoms with Gasteiger partial charge in [0.05, 0.1) is 12.3 Å². The minimum absolute atomic E-state index is 0.0383. The Bertz CT molecular complexity index is 930. The van der Waals surface area contributed by atoms with Crippen LogP contribution in [-0.2, 0) is 20.3 Å². The van der Waals surface area contributed by atoms with Crippen LogP contribution in [0.4, 0.5) is 5.69 Å². The third-order valence-electron chi connectivity index (χ3n) is 3.78. The highest BCUT2D eigenvalue weighted by Crippen LogP contribution is 2.34. The van der Waals surface area contributed by atoms with E-state index in [0.717, 1.165) is 5.56 Å². The first-order valence-corrected chi connectivity index (χ1v) is 10.0. The number of rotatable bonds is 6. The van der Waals surface area contributed by atoms with Crippen molar-refractivity contribution in [1.29, 1.82) is 0 Å². The molecular formula is C20H25NO5S. The van der Waals surface area contributed by atoms with Crippen LogP contribution in [0.5, 0.6) is 11.5 Å². The summed E-state index contributed by atoms with van der Waals surface area (Å²) >= 11 is 0. The van der Waals surface area contributed by atoms with Crippen LogP contribution in [0, 0.1) is 0 Å².